The number of anilines is 1. The van der Waals surface area contributed by atoms with E-state index < -0.39 is 11.0 Å². The van der Waals surface area contributed by atoms with Gasteiger partial charge < -0.3 is 19.6 Å². The van der Waals surface area contributed by atoms with Gasteiger partial charge in [-0.25, -0.2) is 0 Å². The van der Waals surface area contributed by atoms with Crippen LogP contribution >= 0.6 is 0 Å². The van der Waals surface area contributed by atoms with Gasteiger partial charge in [0.25, 0.3) is 5.69 Å². The number of oxime groups is 1. The maximum absolute atomic E-state index is 11.6. The number of nitro groups is 1. The van der Waals surface area contributed by atoms with Crippen molar-refractivity contribution in [2.24, 2.45) is 5.16 Å². The Morgan fingerprint density at radius 1 is 1.24 bits per heavy atom. The van der Waals surface area contributed by atoms with Crippen molar-refractivity contribution < 1.29 is 19.7 Å². The van der Waals surface area contributed by atoms with Crippen molar-refractivity contribution in [3.05, 3.63) is 34.4 Å². The molecule has 1 aliphatic rings. The Kier molecular flexibility index (Phi) is 5.61. The van der Waals surface area contributed by atoms with Crippen molar-refractivity contribution in [3.63, 3.8) is 0 Å². The van der Waals surface area contributed by atoms with E-state index in [0.29, 0.717) is 31.4 Å². The SMILES string of the molecule is CC(C)(C)ON=C1CCC(N(C(=O)[O-])c2ccc([N+](=O)[O-])cc2)CC1. The van der Waals surface area contributed by atoms with E-state index in [2.05, 4.69) is 5.16 Å². The van der Waals surface area contributed by atoms with Crippen LogP contribution in [0.15, 0.2) is 29.4 Å². The molecular weight excluding hydrogens is 326 g/mol. The van der Waals surface area contributed by atoms with Gasteiger partial charge in [0.05, 0.1) is 10.6 Å². The molecule has 2 rings (SSSR count). The molecule has 0 heterocycles. The molecule has 1 aromatic carbocycles. The lowest BCUT2D eigenvalue weighted by Crippen LogP contribution is -2.49. The van der Waals surface area contributed by atoms with E-state index in [1.807, 2.05) is 20.8 Å². The van der Waals surface area contributed by atoms with Crippen LogP contribution in [0, 0.1) is 10.1 Å². The Labute approximate surface area is 146 Å². The first kappa shape index (κ1) is 18.7. The van der Waals surface area contributed by atoms with Gasteiger partial charge in [-0.15, -0.1) is 0 Å². The Morgan fingerprint density at radius 3 is 2.24 bits per heavy atom. The molecule has 136 valence electrons. The Balaban J connectivity index is 2.07. The molecule has 0 saturated heterocycles. The van der Waals surface area contributed by atoms with E-state index in [4.69, 9.17) is 4.84 Å². The van der Waals surface area contributed by atoms with Gasteiger partial charge in [-0.2, -0.15) is 0 Å². The maximum atomic E-state index is 11.6. The zero-order valence-corrected chi connectivity index (χ0v) is 14.6. The maximum Gasteiger partial charge on any atom is 0.269 e. The number of non-ortho nitro benzene ring substituents is 1. The quantitative estimate of drug-likeness (QED) is 0.614. The summed E-state index contributed by atoms with van der Waals surface area (Å²) in [7, 11) is 0. The largest absolute Gasteiger partial charge is 0.530 e. The van der Waals surface area contributed by atoms with Crippen LogP contribution in [0.25, 0.3) is 0 Å². The lowest BCUT2D eigenvalue weighted by molar-refractivity contribution is -0.384. The summed E-state index contributed by atoms with van der Waals surface area (Å²) in [5, 5.41) is 26.5. The lowest BCUT2D eigenvalue weighted by atomic mass is 9.92. The Hall–Kier alpha value is -2.64. The third kappa shape index (κ3) is 5.17. The zero-order chi connectivity index (χ0) is 18.6. The van der Waals surface area contributed by atoms with E-state index in [-0.39, 0.29) is 17.3 Å². The fourth-order valence-electron chi connectivity index (χ4n) is 2.69. The molecule has 1 aliphatic carbocycles. The molecule has 8 heteroatoms. The summed E-state index contributed by atoms with van der Waals surface area (Å²) in [6.07, 6.45) is 1.15. The van der Waals surface area contributed by atoms with E-state index >= 15 is 0 Å². The van der Waals surface area contributed by atoms with Gasteiger partial charge >= 0.3 is 0 Å². The number of amides is 1. The summed E-state index contributed by atoms with van der Waals surface area (Å²) in [4.78, 5) is 28.4. The monoisotopic (exact) mass is 348 g/mol. The van der Waals surface area contributed by atoms with Gasteiger partial charge in [0.1, 0.15) is 11.7 Å². The van der Waals surface area contributed by atoms with Crippen LogP contribution in [0.5, 0.6) is 0 Å². The second kappa shape index (κ2) is 7.50. The third-order valence-electron chi connectivity index (χ3n) is 3.88. The molecule has 0 unspecified atom stereocenters. The summed E-state index contributed by atoms with van der Waals surface area (Å²) < 4.78 is 0. The molecule has 1 saturated carbocycles. The molecule has 0 bridgehead atoms. The second-order valence-electron chi connectivity index (χ2n) is 7.00. The van der Waals surface area contributed by atoms with E-state index in [1.54, 1.807) is 0 Å². The Bertz CT molecular complexity index is 654. The van der Waals surface area contributed by atoms with Gasteiger partial charge in [0.15, 0.2) is 0 Å². The van der Waals surface area contributed by atoms with Crippen molar-refractivity contribution in [2.45, 2.75) is 58.1 Å². The van der Waals surface area contributed by atoms with Gasteiger partial charge in [-0.05, 0) is 58.6 Å². The van der Waals surface area contributed by atoms with Crippen LogP contribution < -0.4 is 10.0 Å². The normalized spacial score (nSPS) is 17.7. The van der Waals surface area contributed by atoms with Crippen LogP contribution in [0.2, 0.25) is 0 Å². The average Bonchev–Trinajstić information content (AvgIpc) is 2.54. The van der Waals surface area contributed by atoms with Crippen molar-refractivity contribution in [1.82, 2.24) is 0 Å². The molecule has 0 spiro atoms. The average molecular weight is 348 g/mol. The number of hydrogen-bond acceptors (Lipinski definition) is 6. The summed E-state index contributed by atoms with van der Waals surface area (Å²) >= 11 is 0. The smallest absolute Gasteiger partial charge is 0.269 e. The molecule has 1 aromatic rings. The predicted octanol–water partition coefficient (Wildman–Crippen LogP) is 2.86. The van der Waals surface area contributed by atoms with Gasteiger partial charge in [0, 0.05) is 23.9 Å². The summed E-state index contributed by atoms with van der Waals surface area (Å²) in [6.45, 7) is 5.74. The molecule has 1 amide bonds. The molecule has 0 atom stereocenters. The van der Waals surface area contributed by atoms with Crippen LogP contribution in [0.4, 0.5) is 16.2 Å². The number of nitro benzene ring substituents is 1. The van der Waals surface area contributed by atoms with Gasteiger partial charge in [-0.3, -0.25) is 10.1 Å². The standard InChI is InChI=1S/C17H23N3O5/c1-17(2,3)25-18-12-4-6-13(7-5-12)19(16(21)22)14-8-10-15(11-9-14)20(23)24/h8-11,13H,4-7H2,1-3H3,(H,21,22)/p-1. The summed E-state index contributed by atoms with van der Waals surface area (Å²) in [5.74, 6) is 0. The zero-order valence-electron chi connectivity index (χ0n) is 14.6. The Morgan fingerprint density at radius 2 is 1.80 bits per heavy atom. The number of carboxylic acid groups (broad SMARTS) is 1. The highest BCUT2D eigenvalue weighted by Crippen LogP contribution is 2.28. The van der Waals surface area contributed by atoms with E-state index in [1.165, 1.54) is 29.2 Å². The van der Waals surface area contributed by atoms with Crippen molar-refractivity contribution in [2.75, 3.05) is 4.90 Å². The molecule has 0 N–H and O–H groups in total. The summed E-state index contributed by atoms with van der Waals surface area (Å²) in [5.41, 5.74) is 0.842. The van der Waals surface area contributed by atoms with Crippen molar-refractivity contribution >= 4 is 23.2 Å². The lowest BCUT2D eigenvalue weighted by Gasteiger charge is -2.36. The predicted molar refractivity (Wildman–Crippen MR) is 91.5 cm³/mol. The number of carbonyl (C=O) groups is 1. The van der Waals surface area contributed by atoms with Crippen molar-refractivity contribution in [1.29, 1.82) is 0 Å². The first-order chi connectivity index (χ1) is 11.7. The fraction of sp³-hybridized carbons (Fsp3) is 0.529. The molecule has 1 fully saturated rings. The van der Waals surface area contributed by atoms with E-state index in [9.17, 15) is 20.0 Å². The van der Waals surface area contributed by atoms with Crippen LogP contribution in [-0.4, -0.2) is 28.4 Å². The molecule has 0 aromatic heterocycles. The minimum Gasteiger partial charge on any atom is -0.530 e. The first-order valence-corrected chi connectivity index (χ1v) is 8.16. The summed E-state index contributed by atoms with van der Waals surface area (Å²) in [6, 6.07) is 5.19. The minimum absolute atomic E-state index is 0.0839. The molecule has 25 heavy (non-hydrogen) atoms. The van der Waals surface area contributed by atoms with Gasteiger partial charge in [0.2, 0.25) is 0 Å². The number of carbonyl (C=O) groups excluding carboxylic acids is 1. The first-order valence-electron chi connectivity index (χ1n) is 8.16. The molecular formula is C17H22N3O5-. The number of benzene rings is 1. The van der Waals surface area contributed by atoms with E-state index in [0.717, 1.165) is 5.71 Å². The highest BCUT2D eigenvalue weighted by atomic mass is 16.6. The minimum atomic E-state index is -1.31. The van der Waals surface area contributed by atoms with Crippen LogP contribution in [-0.2, 0) is 4.84 Å². The highest BCUT2D eigenvalue weighted by Gasteiger charge is 2.26. The number of rotatable bonds is 4. The van der Waals surface area contributed by atoms with Crippen molar-refractivity contribution in [3.8, 4) is 0 Å². The number of hydrogen-bond donors (Lipinski definition) is 0. The van der Waals surface area contributed by atoms with Crippen LogP contribution in [0.3, 0.4) is 0 Å². The fourth-order valence-corrected chi connectivity index (χ4v) is 2.69. The highest BCUT2D eigenvalue weighted by molar-refractivity contribution is 5.88. The topological polar surface area (TPSA) is 108 Å². The van der Waals surface area contributed by atoms with Gasteiger partial charge in [-0.1, -0.05) is 5.16 Å². The second-order valence-corrected chi connectivity index (χ2v) is 7.00. The van der Waals surface area contributed by atoms with Crippen LogP contribution in [0.1, 0.15) is 46.5 Å². The molecule has 0 radical (unpaired) electrons. The molecule has 8 nitrogen and oxygen atoms in total. The number of nitrogens with zero attached hydrogens (tertiary/aromatic N) is 3. The third-order valence-corrected chi connectivity index (χ3v) is 3.88. The molecule has 0 aliphatic heterocycles.